The van der Waals surface area contributed by atoms with Gasteiger partial charge in [-0.15, -0.1) is 0 Å². The third-order valence-electron chi connectivity index (χ3n) is 9.40. The molecular formula is C49H78O12S. The lowest BCUT2D eigenvalue weighted by Crippen LogP contribution is -2.60. The van der Waals surface area contributed by atoms with Crippen LogP contribution in [0.5, 0.6) is 0 Å². The van der Waals surface area contributed by atoms with E-state index in [1.807, 2.05) is 12.2 Å². The van der Waals surface area contributed by atoms with Gasteiger partial charge in [0.2, 0.25) is 0 Å². The van der Waals surface area contributed by atoms with Crippen molar-refractivity contribution in [3.63, 3.8) is 0 Å². The normalized spacial score (nSPS) is 21.0. The molecule has 6 atom stereocenters. The maximum absolute atomic E-state index is 12.8. The van der Waals surface area contributed by atoms with E-state index in [1.165, 1.54) is 0 Å². The van der Waals surface area contributed by atoms with Crippen LogP contribution in [-0.2, 0) is 38.3 Å². The van der Waals surface area contributed by atoms with Crippen LogP contribution in [0.1, 0.15) is 129 Å². The zero-order valence-corrected chi connectivity index (χ0v) is 38.2. The SMILES string of the molecule is CC/C=C\C/C=C\C/C=C\C/C=C\C/C=C\CCCCCCCCOCC(COC1OC(CO)C(O)C(OS(=O)(=O)O)C1O)OC(=O)CC/C=C\C/C=C\C/C=C\C/C=C\CC. The molecule has 1 saturated heterocycles. The molecule has 12 nitrogen and oxygen atoms in total. The lowest BCUT2D eigenvalue weighted by atomic mass is 9.99. The molecule has 1 heterocycles. The molecule has 0 radical (unpaired) electrons. The molecule has 0 aromatic carbocycles. The van der Waals surface area contributed by atoms with Crippen molar-refractivity contribution in [2.24, 2.45) is 0 Å². The highest BCUT2D eigenvalue weighted by molar-refractivity contribution is 7.80. The summed E-state index contributed by atoms with van der Waals surface area (Å²) in [7, 11) is -5.08. The quantitative estimate of drug-likeness (QED) is 0.0201. The van der Waals surface area contributed by atoms with Gasteiger partial charge in [-0.1, -0.05) is 149 Å². The highest BCUT2D eigenvalue weighted by atomic mass is 32.3. The van der Waals surface area contributed by atoms with E-state index in [0.29, 0.717) is 13.0 Å². The fourth-order valence-corrected chi connectivity index (χ4v) is 6.57. The zero-order valence-electron chi connectivity index (χ0n) is 37.4. The van der Waals surface area contributed by atoms with Gasteiger partial charge >= 0.3 is 16.4 Å². The number of aliphatic hydroxyl groups excluding tert-OH is 3. The molecule has 0 aliphatic carbocycles. The van der Waals surface area contributed by atoms with E-state index in [9.17, 15) is 28.5 Å². The summed E-state index contributed by atoms with van der Waals surface area (Å²) in [5.41, 5.74) is 0. The van der Waals surface area contributed by atoms with Crippen molar-refractivity contribution in [2.45, 2.75) is 166 Å². The minimum absolute atomic E-state index is 0.0111. The van der Waals surface area contributed by atoms with Gasteiger partial charge in [0, 0.05) is 13.0 Å². The molecule has 0 saturated carbocycles. The van der Waals surface area contributed by atoms with Crippen molar-refractivity contribution in [2.75, 3.05) is 26.4 Å². The number of carbonyl (C=O) groups is 1. The van der Waals surface area contributed by atoms with Crippen LogP contribution in [0, 0.1) is 0 Å². The first-order valence-electron chi connectivity index (χ1n) is 22.6. The summed E-state index contributed by atoms with van der Waals surface area (Å²) in [5.74, 6) is -0.490. The van der Waals surface area contributed by atoms with Gasteiger partial charge in [0.25, 0.3) is 0 Å². The minimum atomic E-state index is -5.08. The van der Waals surface area contributed by atoms with E-state index in [4.69, 9.17) is 23.5 Å². The molecule has 0 aromatic rings. The Kier molecular flexibility index (Phi) is 36.0. The molecule has 0 bridgehead atoms. The van der Waals surface area contributed by atoms with E-state index in [1.54, 1.807) is 0 Å². The first-order chi connectivity index (χ1) is 30.1. The van der Waals surface area contributed by atoms with Crippen LogP contribution in [-0.4, -0.2) is 97.5 Å². The summed E-state index contributed by atoms with van der Waals surface area (Å²) in [6, 6.07) is 0. The topological polar surface area (TPSA) is 178 Å². The Balaban J connectivity index is 2.46. The number of carbonyl (C=O) groups excluding carboxylic acids is 1. The summed E-state index contributed by atoms with van der Waals surface area (Å²) in [6.45, 7) is 3.59. The van der Waals surface area contributed by atoms with Crippen LogP contribution in [0.2, 0.25) is 0 Å². The van der Waals surface area contributed by atoms with Crippen LogP contribution >= 0.6 is 0 Å². The minimum Gasteiger partial charge on any atom is -0.457 e. The molecule has 1 fully saturated rings. The Labute approximate surface area is 373 Å². The first kappa shape index (κ1) is 56.8. The molecule has 1 rings (SSSR count). The second kappa shape index (κ2) is 39.4. The number of hydrogen-bond acceptors (Lipinski definition) is 11. The second-order valence-corrected chi connectivity index (χ2v) is 15.9. The molecule has 1 aliphatic rings. The van der Waals surface area contributed by atoms with Crippen LogP contribution in [0.4, 0.5) is 0 Å². The third-order valence-corrected chi connectivity index (χ3v) is 9.87. The van der Waals surface area contributed by atoms with Crippen LogP contribution < -0.4 is 0 Å². The van der Waals surface area contributed by atoms with Gasteiger partial charge < -0.3 is 34.3 Å². The van der Waals surface area contributed by atoms with Crippen molar-refractivity contribution < 1.29 is 56.2 Å². The number of esters is 1. The lowest BCUT2D eigenvalue weighted by Gasteiger charge is -2.41. The molecule has 0 spiro atoms. The van der Waals surface area contributed by atoms with Crippen LogP contribution in [0.25, 0.3) is 0 Å². The lowest BCUT2D eigenvalue weighted by molar-refractivity contribution is -0.301. The molecule has 13 heteroatoms. The number of hydrogen-bond donors (Lipinski definition) is 4. The highest BCUT2D eigenvalue weighted by Gasteiger charge is 2.48. The van der Waals surface area contributed by atoms with E-state index >= 15 is 0 Å². The van der Waals surface area contributed by atoms with Crippen molar-refractivity contribution in [3.05, 3.63) is 109 Å². The second-order valence-electron chi connectivity index (χ2n) is 14.9. The Morgan fingerprint density at radius 2 is 1.06 bits per heavy atom. The number of allylic oxidation sites excluding steroid dienone is 18. The van der Waals surface area contributed by atoms with Crippen LogP contribution in [0.3, 0.4) is 0 Å². The zero-order chi connectivity index (χ0) is 45.4. The molecular weight excluding hydrogens is 813 g/mol. The fourth-order valence-electron chi connectivity index (χ4n) is 6.06. The average molecular weight is 891 g/mol. The third kappa shape index (κ3) is 32.4. The summed E-state index contributed by atoms with van der Waals surface area (Å²) >= 11 is 0. The number of ether oxygens (including phenoxy) is 4. The molecule has 4 N–H and O–H groups in total. The molecule has 1 aliphatic heterocycles. The van der Waals surface area contributed by atoms with E-state index in [0.717, 1.165) is 103 Å². The van der Waals surface area contributed by atoms with Gasteiger partial charge in [-0.3, -0.25) is 9.35 Å². The van der Waals surface area contributed by atoms with Gasteiger partial charge in [0.15, 0.2) is 6.29 Å². The average Bonchev–Trinajstić information content (AvgIpc) is 3.24. The van der Waals surface area contributed by atoms with Gasteiger partial charge in [-0.2, -0.15) is 8.42 Å². The number of aliphatic hydroxyl groups is 3. The number of unbranched alkanes of at least 4 members (excludes halogenated alkanes) is 6. The van der Waals surface area contributed by atoms with Crippen LogP contribution in [0.15, 0.2) is 109 Å². The largest absolute Gasteiger partial charge is 0.457 e. The maximum Gasteiger partial charge on any atom is 0.397 e. The molecule has 0 amide bonds. The summed E-state index contributed by atoms with van der Waals surface area (Å²) < 4.78 is 58.9. The van der Waals surface area contributed by atoms with Crippen molar-refractivity contribution >= 4 is 16.4 Å². The molecule has 0 aromatic heterocycles. The number of rotatable bonds is 37. The van der Waals surface area contributed by atoms with E-state index in [2.05, 4.69) is 115 Å². The fraction of sp³-hybridized carbons (Fsp3) is 0.612. The summed E-state index contributed by atoms with van der Waals surface area (Å²) in [5, 5.41) is 30.6. The smallest absolute Gasteiger partial charge is 0.397 e. The van der Waals surface area contributed by atoms with Gasteiger partial charge in [0.1, 0.15) is 30.5 Å². The Morgan fingerprint density at radius 1 is 0.613 bits per heavy atom. The van der Waals surface area contributed by atoms with Crippen molar-refractivity contribution in [1.82, 2.24) is 0 Å². The van der Waals surface area contributed by atoms with Gasteiger partial charge in [-0.25, -0.2) is 4.18 Å². The molecule has 352 valence electrons. The van der Waals surface area contributed by atoms with E-state index < -0.39 is 59.8 Å². The Bertz CT molecular complexity index is 1490. The van der Waals surface area contributed by atoms with Gasteiger partial charge in [-0.05, 0) is 83.5 Å². The maximum atomic E-state index is 12.8. The van der Waals surface area contributed by atoms with E-state index in [-0.39, 0.29) is 19.6 Å². The standard InChI is InChI=1S/C49H78O12S/c1-3-5-7-9-11-13-15-17-18-19-20-21-22-23-24-25-27-29-31-33-35-37-39-57-41-43(42-58-49-47(53)48(61-62(54,55)56)46(52)44(40-50)60-49)59-45(51)38-36-34-32-30-28-26-16-14-12-10-8-6-4-2/h5-8,11-14,17-18,20-21,23-24,26,28,32,34,43-44,46-50,52-53H,3-4,9-10,15-16,19,22,25,27,29-31,33,35-42H2,1-2H3,(H,54,55,56)/b7-5-,8-6-,13-11-,14-12-,18-17-,21-20-,24-23-,28-26-,34-32-. The Morgan fingerprint density at radius 3 is 1.55 bits per heavy atom. The van der Waals surface area contributed by atoms with Crippen molar-refractivity contribution in [1.29, 1.82) is 0 Å². The Hall–Kier alpha value is -3.24. The highest BCUT2D eigenvalue weighted by Crippen LogP contribution is 2.26. The summed E-state index contributed by atoms with van der Waals surface area (Å²) in [6.07, 6.45) is 45.7. The predicted octanol–water partition coefficient (Wildman–Crippen LogP) is 9.63. The van der Waals surface area contributed by atoms with Gasteiger partial charge in [0.05, 0.1) is 19.8 Å². The molecule has 62 heavy (non-hydrogen) atoms. The monoisotopic (exact) mass is 891 g/mol. The first-order valence-corrected chi connectivity index (χ1v) is 24.0. The summed E-state index contributed by atoms with van der Waals surface area (Å²) in [4.78, 5) is 12.8. The predicted molar refractivity (Wildman–Crippen MR) is 248 cm³/mol. The van der Waals surface area contributed by atoms with Crippen molar-refractivity contribution in [3.8, 4) is 0 Å². The molecule has 6 unspecified atom stereocenters.